The van der Waals surface area contributed by atoms with Gasteiger partial charge in [-0.2, -0.15) is 5.10 Å². The molecule has 3 amide bonds. The number of nitrogens with one attached hydrogen (secondary N) is 2. The third-order valence-corrected chi connectivity index (χ3v) is 5.37. The quantitative estimate of drug-likeness (QED) is 0.320. The average Bonchev–Trinajstić information content (AvgIpc) is 3.21. The molecule has 2 heterocycles. The third-order valence-electron chi connectivity index (χ3n) is 5.37. The Morgan fingerprint density at radius 3 is 2.44 bits per heavy atom. The Hall–Kier alpha value is -4.52. The predicted octanol–water partition coefficient (Wildman–Crippen LogP) is 1.19. The molecular formula is C23H27N7O6. The second kappa shape index (κ2) is 10.8. The molecule has 13 nitrogen and oxygen atoms in total. The molecule has 0 aliphatic carbocycles. The molecule has 36 heavy (non-hydrogen) atoms. The maximum atomic E-state index is 13.4. The van der Waals surface area contributed by atoms with Gasteiger partial charge in [-0.1, -0.05) is 6.07 Å². The van der Waals surface area contributed by atoms with Gasteiger partial charge in [-0.15, -0.1) is 0 Å². The Bertz CT molecular complexity index is 1330. The topological polar surface area (TPSA) is 170 Å². The van der Waals surface area contributed by atoms with Crippen molar-refractivity contribution in [3.63, 3.8) is 0 Å². The van der Waals surface area contributed by atoms with Gasteiger partial charge in [-0.25, -0.2) is 19.2 Å². The van der Waals surface area contributed by atoms with Crippen LogP contribution in [0.25, 0.3) is 5.52 Å². The molecule has 190 valence electrons. The fourth-order valence-corrected chi connectivity index (χ4v) is 3.44. The van der Waals surface area contributed by atoms with Crippen LogP contribution in [-0.2, 0) is 14.3 Å². The number of fused-ring (bicyclic) bond motifs is 1. The minimum atomic E-state index is -0.952. The van der Waals surface area contributed by atoms with Crippen LogP contribution in [0.4, 0.5) is 16.3 Å². The van der Waals surface area contributed by atoms with E-state index in [0.717, 1.165) is 4.90 Å². The zero-order valence-corrected chi connectivity index (χ0v) is 20.5. The molecule has 0 radical (unpaired) electrons. The number of carbonyl (C=O) groups excluding carboxylic acids is 4. The van der Waals surface area contributed by atoms with Gasteiger partial charge >= 0.3 is 12.1 Å². The molecule has 0 fully saturated rings. The molecule has 0 saturated heterocycles. The first-order valence-corrected chi connectivity index (χ1v) is 10.9. The number of carbonyl (C=O) groups is 4. The van der Waals surface area contributed by atoms with Crippen LogP contribution in [0.2, 0.25) is 0 Å². The van der Waals surface area contributed by atoms with E-state index in [4.69, 9.17) is 15.2 Å². The molecule has 0 aliphatic rings. The molecule has 4 N–H and O–H groups in total. The highest BCUT2D eigenvalue weighted by atomic mass is 16.7. The van der Waals surface area contributed by atoms with Crippen molar-refractivity contribution in [2.24, 2.45) is 5.73 Å². The van der Waals surface area contributed by atoms with Gasteiger partial charge in [0.05, 0.1) is 11.3 Å². The second-order valence-corrected chi connectivity index (χ2v) is 7.82. The van der Waals surface area contributed by atoms with Gasteiger partial charge < -0.3 is 25.8 Å². The van der Waals surface area contributed by atoms with Gasteiger partial charge in [0, 0.05) is 25.9 Å². The van der Waals surface area contributed by atoms with Crippen LogP contribution in [0.1, 0.15) is 38.8 Å². The number of benzene rings is 1. The summed E-state index contributed by atoms with van der Waals surface area (Å²) >= 11 is 0. The summed E-state index contributed by atoms with van der Waals surface area (Å²) in [5, 5.41) is 9.26. The smallest absolute Gasteiger partial charge is 0.423 e. The Labute approximate surface area is 206 Å². The van der Waals surface area contributed by atoms with Crippen LogP contribution in [0.3, 0.4) is 0 Å². The molecule has 3 aromatic rings. The highest BCUT2D eigenvalue weighted by molar-refractivity contribution is 6.04. The van der Waals surface area contributed by atoms with Crippen molar-refractivity contribution >= 4 is 40.9 Å². The summed E-state index contributed by atoms with van der Waals surface area (Å²) in [6.45, 7) is 4.16. The van der Waals surface area contributed by atoms with E-state index in [1.54, 1.807) is 26.0 Å². The standard InChI is InChI=1S/C23H27N7O6/c1-12-6-7-15(20(31)25-4)8-17(12)30(23(34)36-11-35-22(33)14(3)24)19-18-13(2)16(21(32)26-5)9-29(18)28-10-27-19/h6-10,14H,11,24H2,1-5H3,(H,25,31)(H,26,32)/t14-/m0/s1. The first kappa shape index (κ1) is 26.1. The van der Waals surface area contributed by atoms with Crippen molar-refractivity contribution in [3.05, 3.63) is 53.0 Å². The van der Waals surface area contributed by atoms with Crippen LogP contribution in [0.5, 0.6) is 0 Å². The van der Waals surface area contributed by atoms with Gasteiger partial charge in [0.2, 0.25) is 6.79 Å². The highest BCUT2D eigenvalue weighted by Crippen LogP contribution is 2.34. The van der Waals surface area contributed by atoms with Gasteiger partial charge in [-0.3, -0.25) is 14.4 Å². The van der Waals surface area contributed by atoms with Crippen molar-refractivity contribution in [2.45, 2.75) is 26.8 Å². The van der Waals surface area contributed by atoms with Crippen LogP contribution in [0, 0.1) is 13.8 Å². The van der Waals surface area contributed by atoms with Crippen LogP contribution < -0.4 is 21.3 Å². The van der Waals surface area contributed by atoms with Gasteiger partial charge in [0.15, 0.2) is 5.82 Å². The number of hydrogen-bond donors (Lipinski definition) is 3. The molecule has 1 atom stereocenters. The molecule has 2 aromatic heterocycles. The van der Waals surface area contributed by atoms with E-state index in [1.807, 2.05) is 0 Å². The van der Waals surface area contributed by atoms with Crippen molar-refractivity contribution in [1.29, 1.82) is 0 Å². The SMILES string of the molecule is CNC(=O)c1ccc(C)c(N(C(=O)OCOC(=O)[C@H](C)N)c2ncnn3cc(C(=O)NC)c(C)c23)c1. The van der Waals surface area contributed by atoms with Crippen molar-refractivity contribution in [2.75, 3.05) is 25.8 Å². The lowest BCUT2D eigenvalue weighted by atomic mass is 10.1. The maximum absolute atomic E-state index is 13.4. The molecule has 0 unspecified atom stereocenters. The van der Waals surface area contributed by atoms with E-state index >= 15 is 0 Å². The highest BCUT2D eigenvalue weighted by Gasteiger charge is 2.29. The summed E-state index contributed by atoms with van der Waals surface area (Å²) in [5.41, 5.74) is 7.83. The number of esters is 1. The van der Waals surface area contributed by atoms with E-state index in [1.165, 1.54) is 44.1 Å². The monoisotopic (exact) mass is 497 g/mol. The van der Waals surface area contributed by atoms with Gasteiger partial charge in [0.1, 0.15) is 17.9 Å². The van der Waals surface area contributed by atoms with Crippen molar-refractivity contribution in [1.82, 2.24) is 25.2 Å². The molecule has 13 heteroatoms. The van der Waals surface area contributed by atoms with E-state index < -0.39 is 24.9 Å². The predicted molar refractivity (Wildman–Crippen MR) is 129 cm³/mol. The summed E-state index contributed by atoms with van der Waals surface area (Å²) in [6.07, 6.45) is 1.77. The lowest BCUT2D eigenvalue weighted by Gasteiger charge is -2.24. The minimum Gasteiger partial charge on any atom is -0.427 e. The van der Waals surface area contributed by atoms with Crippen LogP contribution in [-0.4, -0.2) is 65.4 Å². The number of rotatable bonds is 7. The summed E-state index contributed by atoms with van der Waals surface area (Å²) in [7, 11) is 2.98. The molecular weight excluding hydrogens is 470 g/mol. The second-order valence-electron chi connectivity index (χ2n) is 7.82. The number of nitrogens with two attached hydrogens (primary N) is 1. The first-order valence-electron chi connectivity index (χ1n) is 10.9. The summed E-state index contributed by atoms with van der Waals surface area (Å²) in [6, 6.07) is 3.86. The van der Waals surface area contributed by atoms with E-state index in [-0.39, 0.29) is 28.9 Å². The van der Waals surface area contributed by atoms with Crippen molar-refractivity contribution in [3.8, 4) is 0 Å². The summed E-state index contributed by atoms with van der Waals surface area (Å²) < 4.78 is 11.5. The molecule has 0 spiro atoms. The van der Waals surface area contributed by atoms with Crippen LogP contribution >= 0.6 is 0 Å². The number of nitrogens with zero attached hydrogens (tertiary/aromatic N) is 4. The lowest BCUT2D eigenvalue weighted by molar-refractivity contribution is -0.152. The average molecular weight is 498 g/mol. The number of anilines is 2. The first-order chi connectivity index (χ1) is 17.1. The Kier molecular flexibility index (Phi) is 7.84. The minimum absolute atomic E-state index is 0.0818. The Morgan fingerprint density at radius 1 is 1.11 bits per heavy atom. The number of amides is 3. The maximum Gasteiger partial charge on any atom is 0.423 e. The van der Waals surface area contributed by atoms with Crippen molar-refractivity contribution < 1.29 is 28.7 Å². The largest absolute Gasteiger partial charge is 0.427 e. The number of aryl methyl sites for hydroxylation is 2. The molecule has 0 saturated carbocycles. The number of hydrogen-bond acceptors (Lipinski definition) is 9. The Balaban J connectivity index is 2.18. The van der Waals surface area contributed by atoms with Gasteiger partial charge in [0.25, 0.3) is 11.8 Å². The lowest BCUT2D eigenvalue weighted by Crippen LogP contribution is -2.33. The zero-order chi connectivity index (χ0) is 26.6. The fraction of sp³-hybridized carbons (Fsp3) is 0.304. The van der Waals surface area contributed by atoms with Crippen LogP contribution in [0.15, 0.2) is 30.7 Å². The van der Waals surface area contributed by atoms with E-state index in [2.05, 4.69) is 20.7 Å². The van der Waals surface area contributed by atoms with E-state index in [9.17, 15) is 19.2 Å². The fourth-order valence-electron chi connectivity index (χ4n) is 3.44. The van der Waals surface area contributed by atoms with Gasteiger partial charge in [-0.05, 0) is 44.0 Å². The number of aromatic nitrogens is 3. The zero-order valence-electron chi connectivity index (χ0n) is 20.5. The molecule has 0 aliphatic heterocycles. The molecule has 1 aromatic carbocycles. The summed E-state index contributed by atoms with van der Waals surface area (Å²) in [5.74, 6) is -1.39. The van der Waals surface area contributed by atoms with E-state index in [0.29, 0.717) is 22.2 Å². The normalized spacial score (nSPS) is 11.5. The molecule has 3 rings (SSSR count). The number of ether oxygens (including phenoxy) is 2. The summed E-state index contributed by atoms with van der Waals surface area (Å²) in [4.78, 5) is 55.2. The molecule has 0 bridgehead atoms. The third kappa shape index (κ3) is 5.10. The Morgan fingerprint density at radius 2 is 1.81 bits per heavy atom.